The average Bonchev–Trinajstić information content (AvgIpc) is 2.29. The van der Waals surface area contributed by atoms with Crippen molar-refractivity contribution in [1.82, 2.24) is 5.32 Å². The molecule has 1 fully saturated rings. The van der Waals surface area contributed by atoms with Crippen molar-refractivity contribution in [1.29, 1.82) is 0 Å². The summed E-state index contributed by atoms with van der Waals surface area (Å²) in [6, 6.07) is 6.61. The molecule has 1 aromatic rings. The number of Topliss-reactive ketones (excluding diaryl/α,β-unsaturated/α-hetero) is 1. The molecule has 2 N–H and O–H groups in total. The van der Waals surface area contributed by atoms with E-state index in [1.165, 1.54) is 0 Å². The maximum atomic E-state index is 12.0. The summed E-state index contributed by atoms with van der Waals surface area (Å²) in [5, 5.41) is 12.5. The van der Waals surface area contributed by atoms with E-state index in [-0.39, 0.29) is 17.5 Å². The highest BCUT2D eigenvalue weighted by atomic mass is 16.3. The number of phenols is 1. The number of carbonyl (C=O) groups is 1. The molecule has 0 bridgehead atoms. The third kappa shape index (κ3) is 2.36. The Morgan fingerprint density at radius 1 is 1.33 bits per heavy atom. The minimum atomic E-state index is 0.119. The van der Waals surface area contributed by atoms with Gasteiger partial charge in [-0.25, -0.2) is 0 Å². The molecule has 1 aliphatic rings. The predicted molar refractivity (Wildman–Crippen MR) is 58.0 cm³/mol. The summed E-state index contributed by atoms with van der Waals surface area (Å²) in [4.78, 5) is 12.0. The van der Waals surface area contributed by atoms with Crippen molar-refractivity contribution < 1.29 is 9.90 Å². The molecule has 0 spiro atoms. The topological polar surface area (TPSA) is 49.3 Å². The van der Waals surface area contributed by atoms with Gasteiger partial charge in [0.05, 0.1) is 0 Å². The molecule has 1 aliphatic heterocycles. The molecule has 80 valence electrons. The van der Waals surface area contributed by atoms with Gasteiger partial charge in [0.2, 0.25) is 0 Å². The van der Waals surface area contributed by atoms with Crippen molar-refractivity contribution in [3.05, 3.63) is 29.8 Å². The number of piperidine rings is 1. The lowest BCUT2D eigenvalue weighted by Gasteiger charge is -2.21. The molecule has 0 radical (unpaired) electrons. The van der Waals surface area contributed by atoms with E-state index in [0.29, 0.717) is 5.56 Å². The number of rotatable bonds is 2. The minimum Gasteiger partial charge on any atom is -0.508 e. The molecule has 2 rings (SSSR count). The molecule has 0 unspecified atom stereocenters. The maximum Gasteiger partial charge on any atom is 0.166 e. The van der Waals surface area contributed by atoms with Crippen molar-refractivity contribution in [3.8, 4) is 5.75 Å². The summed E-state index contributed by atoms with van der Waals surface area (Å²) in [6.45, 7) is 1.82. The summed E-state index contributed by atoms with van der Waals surface area (Å²) in [7, 11) is 0. The average molecular weight is 205 g/mol. The number of carbonyl (C=O) groups excluding carboxylic acids is 1. The lowest BCUT2D eigenvalue weighted by Crippen LogP contribution is -2.31. The second-order valence-electron chi connectivity index (χ2n) is 3.94. The van der Waals surface area contributed by atoms with Crippen LogP contribution in [0.4, 0.5) is 0 Å². The van der Waals surface area contributed by atoms with Gasteiger partial charge < -0.3 is 10.4 Å². The SMILES string of the molecule is O=C(c1cccc(O)c1)C1CCNCC1. The van der Waals surface area contributed by atoms with Crippen LogP contribution in [0, 0.1) is 5.92 Å². The fraction of sp³-hybridized carbons (Fsp3) is 0.417. The molecule has 1 heterocycles. The summed E-state index contributed by atoms with van der Waals surface area (Å²) in [6.07, 6.45) is 1.79. The summed E-state index contributed by atoms with van der Waals surface area (Å²) in [5.74, 6) is 0.440. The largest absolute Gasteiger partial charge is 0.508 e. The van der Waals surface area contributed by atoms with E-state index in [1.54, 1.807) is 24.3 Å². The fourth-order valence-electron chi connectivity index (χ4n) is 1.98. The van der Waals surface area contributed by atoms with Crippen molar-refractivity contribution in [2.45, 2.75) is 12.8 Å². The zero-order chi connectivity index (χ0) is 10.7. The smallest absolute Gasteiger partial charge is 0.166 e. The van der Waals surface area contributed by atoms with Crippen LogP contribution in [0.2, 0.25) is 0 Å². The molecule has 1 aromatic carbocycles. The van der Waals surface area contributed by atoms with Crippen LogP contribution in [0.15, 0.2) is 24.3 Å². The highest BCUT2D eigenvalue weighted by Crippen LogP contribution is 2.20. The Morgan fingerprint density at radius 3 is 2.73 bits per heavy atom. The summed E-state index contributed by atoms with van der Waals surface area (Å²) >= 11 is 0. The standard InChI is InChI=1S/C12H15NO2/c14-11-3-1-2-10(8-11)12(15)9-4-6-13-7-5-9/h1-3,8-9,13-14H,4-7H2. The molecule has 3 nitrogen and oxygen atoms in total. The molecule has 1 saturated heterocycles. The van der Waals surface area contributed by atoms with Gasteiger partial charge in [-0.3, -0.25) is 4.79 Å². The lowest BCUT2D eigenvalue weighted by atomic mass is 9.89. The number of aromatic hydroxyl groups is 1. The van der Waals surface area contributed by atoms with Crippen LogP contribution in [0.5, 0.6) is 5.75 Å². The van der Waals surface area contributed by atoms with Crippen LogP contribution in [-0.2, 0) is 0 Å². The first-order valence-electron chi connectivity index (χ1n) is 5.31. The quantitative estimate of drug-likeness (QED) is 0.721. The predicted octanol–water partition coefficient (Wildman–Crippen LogP) is 1.57. The van der Waals surface area contributed by atoms with Crippen LogP contribution >= 0.6 is 0 Å². The van der Waals surface area contributed by atoms with Crippen LogP contribution in [0.25, 0.3) is 0 Å². The molecule has 0 aromatic heterocycles. The second kappa shape index (κ2) is 4.45. The van der Waals surface area contributed by atoms with E-state index in [4.69, 9.17) is 0 Å². The van der Waals surface area contributed by atoms with Crippen LogP contribution in [0.3, 0.4) is 0 Å². The summed E-state index contributed by atoms with van der Waals surface area (Å²) < 4.78 is 0. The first-order valence-corrected chi connectivity index (χ1v) is 5.31. The van der Waals surface area contributed by atoms with E-state index in [1.807, 2.05) is 0 Å². The highest BCUT2D eigenvalue weighted by molar-refractivity contribution is 5.98. The van der Waals surface area contributed by atoms with Gasteiger partial charge in [-0.2, -0.15) is 0 Å². The van der Waals surface area contributed by atoms with Crippen LogP contribution in [-0.4, -0.2) is 24.0 Å². The Bertz CT molecular complexity index is 356. The summed E-state index contributed by atoms with van der Waals surface area (Å²) in [5.41, 5.74) is 0.627. The normalized spacial score (nSPS) is 17.6. The van der Waals surface area contributed by atoms with Crippen molar-refractivity contribution in [2.75, 3.05) is 13.1 Å². The maximum absolute atomic E-state index is 12.0. The molecule has 3 heteroatoms. The van der Waals surface area contributed by atoms with Crippen molar-refractivity contribution in [2.24, 2.45) is 5.92 Å². The Labute approximate surface area is 89.1 Å². The number of benzene rings is 1. The van der Waals surface area contributed by atoms with E-state index < -0.39 is 0 Å². The van der Waals surface area contributed by atoms with E-state index in [2.05, 4.69) is 5.32 Å². The minimum absolute atomic E-state index is 0.119. The number of hydrogen-bond donors (Lipinski definition) is 2. The molecule has 0 aliphatic carbocycles. The van der Waals surface area contributed by atoms with Gasteiger partial charge >= 0.3 is 0 Å². The Kier molecular flexibility index (Phi) is 3.02. The number of ketones is 1. The van der Waals surface area contributed by atoms with Gasteiger partial charge in [-0.05, 0) is 38.1 Å². The Morgan fingerprint density at radius 2 is 2.07 bits per heavy atom. The second-order valence-corrected chi connectivity index (χ2v) is 3.94. The zero-order valence-electron chi connectivity index (χ0n) is 8.57. The lowest BCUT2D eigenvalue weighted by molar-refractivity contribution is 0.0894. The van der Waals surface area contributed by atoms with Gasteiger partial charge in [0.1, 0.15) is 5.75 Å². The monoisotopic (exact) mass is 205 g/mol. The van der Waals surface area contributed by atoms with E-state index in [0.717, 1.165) is 25.9 Å². The molecular weight excluding hydrogens is 190 g/mol. The first-order chi connectivity index (χ1) is 7.27. The Balaban J connectivity index is 2.12. The zero-order valence-corrected chi connectivity index (χ0v) is 8.57. The number of phenolic OH excluding ortho intramolecular Hbond substituents is 1. The third-order valence-electron chi connectivity index (χ3n) is 2.84. The highest BCUT2D eigenvalue weighted by Gasteiger charge is 2.22. The molecule has 15 heavy (non-hydrogen) atoms. The van der Waals surface area contributed by atoms with Crippen molar-refractivity contribution in [3.63, 3.8) is 0 Å². The Hall–Kier alpha value is -1.35. The third-order valence-corrected chi connectivity index (χ3v) is 2.84. The molecule has 0 atom stereocenters. The first kappa shape index (κ1) is 10.2. The van der Waals surface area contributed by atoms with Crippen molar-refractivity contribution >= 4 is 5.78 Å². The van der Waals surface area contributed by atoms with Crippen LogP contribution in [0.1, 0.15) is 23.2 Å². The van der Waals surface area contributed by atoms with E-state index in [9.17, 15) is 9.90 Å². The molecule has 0 amide bonds. The van der Waals surface area contributed by atoms with Crippen LogP contribution < -0.4 is 5.32 Å². The fourth-order valence-corrected chi connectivity index (χ4v) is 1.98. The van der Waals surface area contributed by atoms with Gasteiger partial charge in [-0.1, -0.05) is 12.1 Å². The van der Waals surface area contributed by atoms with Gasteiger partial charge in [0.15, 0.2) is 5.78 Å². The van der Waals surface area contributed by atoms with Gasteiger partial charge in [-0.15, -0.1) is 0 Å². The molecule has 0 saturated carbocycles. The number of nitrogens with one attached hydrogen (secondary N) is 1. The van der Waals surface area contributed by atoms with Gasteiger partial charge in [0.25, 0.3) is 0 Å². The molecular formula is C12H15NO2. The van der Waals surface area contributed by atoms with Gasteiger partial charge in [0, 0.05) is 11.5 Å². The van der Waals surface area contributed by atoms with E-state index >= 15 is 0 Å². The number of hydrogen-bond acceptors (Lipinski definition) is 3.